The molecule has 0 heterocycles. The Balaban J connectivity index is 2.00. The van der Waals surface area contributed by atoms with Gasteiger partial charge in [-0.2, -0.15) is 0 Å². The van der Waals surface area contributed by atoms with Crippen molar-refractivity contribution in [2.45, 2.75) is 30.3 Å². The second kappa shape index (κ2) is 5.90. The van der Waals surface area contributed by atoms with E-state index in [1.165, 1.54) is 24.3 Å². The number of aromatic carboxylic acids is 1. The second-order valence-electron chi connectivity index (χ2n) is 5.01. The highest BCUT2D eigenvalue weighted by molar-refractivity contribution is 7.89. The number of nitrogens with one attached hydrogen (secondary N) is 1. The number of benzene rings is 1. The van der Waals surface area contributed by atoms with E-state index in [9.17, 15) is 18.3 Å². The van der Waals surface area contributed by atoms with Gasteiger partial charge in [-0.05, 0) is 49.4 Å². The SMILES string of the molecule is O=C(O)c1ccc(S(=O)(=O)NCC2CCC(O)C2)cc1. The summed E-state index contributed by atoms with van der Waals surface area (Å²) in [6, 6.07) is 5.07. The Morgan fingerprint density at radius 3 is 2.40 bits per heavy atom. The molecular weight excluding hydrogens is 282 g/mol. The molecule has 0 aromatic heterocycles. The van der Waals surface area contributed by atoms with Crippen LogP contribution in [-0.2, 0) is 10.0 Å². The number of sulfonamides is 1. The maximum Gasteiger partial charge on any atom is 0.335 e. The number of rotatable bonds is 5. The molecule has 2 atom stereocenters. The molecule has 3 N–H and O–H groups in total. The zero-order chi connectivity index (χ0) is 14.8. The first-order chi connectivity index (χ1) is 9.38. The minimum atomic E-state index is -3.63. The molecule has 2 rings (SSSR count). The predicted molar refractivity (Wildman–Crippen MR) is 71.9 cm³/mol. The Labute approximate surface area is 117 Å². The van der Waals surface area contributed by atoms with Gasteiger partial charge >= 0.3 is 5.97 Å². The molecule has 20 heavy (non-hydrogen) atoms. The van der Waals surface area contributed by atoms with Gasteiger partial charge in [0.05, 0.1) is 16.6 Å². The van der Waals surface area contributed by atoms with Crippen molar-refractivity contribution in [2.24, 2.45) is 5.92 Å². The summed E-state index contributed by atoms with van der Waals surface area (Å²) in [5.74, 6) is -0.945. The molecule has 0 radical (unpaired) electrons. The normalized spacial score (nSPS) is 22.9. The molecule has 0 saturated heterocycles. The minimum absolute atomic E-state index is 0.0426. The van der Waals surface area contributed by atoms with Gasteiger partial charge in [-0.3, -0.25) is 0 Å². The number of hydrogen-bond acceptors (Lipinski definition) is 4. The number of carboxylic acids is 1. The second-order valence-corrected chi connectivity index (χ2v) is 6.78. The Hall–Kier alpha value is -1.44. The number of carboxylic acid groups (broad SMARTS) is 1. The van der Waals surface area contributed by atoms with Crippen molar-refractivity contribution in [3.63, 3.8) is 0 Å². The lowest BCUT2D eigenvalue weighted by Gasteiger charge is -2.11. The molecule has 1 aromatic carbocycles. The van der Waals surface area contributed by atoms with E-state index in [1.807, 2.05) is 0 Å². The molecule has 0 aliphatic heterocycles. The highest BCUT2D eigenvalue weighted by Gasteiger charge is 2.24. The van der Waals surface area contributed by atoms with Crippen molar-refractivity contribution in [1.29, 1.82) is 0 Å². The molecule has 1 aliphatic carbocycles. The number of carbonyl (C=O) groups is 1. The van der Waals surface area contributed by atoms with Gasteiger partial charge in [0, 0.05) is 6.54 Å². The molecule has 0 bridgehead atoms. The summed E-state index contributed by atoms with van der Waals surface area (Å²) in [6.07, 6.45) is 1.79. The van der Waals surface area contributed by atoms with Crippen LogP contribution in [0.1, 0.15) is 29.6 Å². The Morgan fingerprint density at radius 1 is 1.25 bits per heavy atom. The summed E-state index contributed by atoms with van der Waals surface area (Å²) in [5.41, 5.74) is 0.0443. The van der Waals surface area contributed by atoms with E-state index in [4.69, 9.17) is 5.11 Å². The van der Waals surface area contributed by atoms with Crippen LogP contribution in [0.5, 0.6) is 0 Å². The minimum Gasteiger partial charge on any atom is -0.478 e. The molecule has 1 saturated carbocycles. The molecule has 2 unspecified atom stereocenters. The number of hydrogen-bond donors (Lipinski definition) is 3. The van der Waals surface area contributed by atoms with Gasteiger partial charge in [0.1, 0.15) is 0 Å². The van der Waals surface area contributed by atoms with E-state index in [-0.39, 0.29) is 22.5 Å². The highest BCUT2D eigenvalue weighted by Crippen LogP contribution is 2.25. The largest absolute Gasteiger partial charge is 0.478 e. The molecule has 7 heteroatoms. The first kappa shape index (κ1) is 15.0. The Kier molecular flexibility index (Phi) is 4.42. The smallest absolute Gasteiger partial charge is 0.335 e. The average Bonchev–Trinajstić information content (AvgIpc) is 2.82. The summed E-state index contributed by atoms with van der Waals surface area (Å²) in [7, 11) is -3.63. The third-order valence-corrected chi connectivity index (χ3v) is 4.93. The monoisotopic (exact) mass is 299 g/mol. The first-order valence-electron chi connectivity index (χ1n) is 6.39. The van der Waals surface area contributed by atoms with E-state index < -0.39 is 16.0 Å². The summed E-state index contributed by atoms with van der Waals surface area (Å²) >= 11 is 0. The van der Waals surface area contributed by atoms with Crippen molar-refractivity contribution >= 4 is 16.0 Å². The quantitative estimate of drug-likeness (QED) is 0.747. The Bertz CT molecular complexity index is 581. The summed E-state index contributed by atoms with van der Waals surface area (Å²) in [6.45, 7) is 0.292. The van der Waals surface area contributed by atoms with Crippen LogP contribution < -0.4 is 4.72 Å². The van der Waals surface area contributed by atoms with Gasteiger partial charge < -0.3 is 10.2 Å². The van der Waals surface area contributed by atoms with Crippen LogP contribution in [-0.4, -0.2) is 37.2 Å². The van der Waals surface area contributed by atoms with Crippen molar-refractivity contribution < 1.29 is 23.4 Å². The predicted octanol–water partition coefficient (Wildman–Crippen LogP) is 0.824. The zero-order valence-corrected chi connectivity index (χ0v) is 11.6. The van der Waals surface area contributed by atoms with Gasteiger partial charge in [-0.15, -0.1) is 0 Å². The van der Waals surface area contributed by atoms with Crippen LogP contribution in [0, 0.1) is 5.92 Å². The van der Waals surface area contributed by atoms with Gasteiger partial charge in [-0.1, -0.05) is 0 Å². The fourth-order valence-electron chi connectivity index (χ4n) is 2.32. The van der Waals surface area contributed by atoms with Gasteiger partial charge in [0.25, 0.3) is 0 Å². The fraction of sp³-hybridized carbons (Fsp3) is 0.462. The fourth-order valence-corrected chi connectivity index (χ4v) is 3.44. The van der Waals surface area contributed by atoms with Crippen LogP contribution in [0.3, 0.4) is 0 Å². The van der Waals surface area contributed by atoms with E-state index in [1.54, 1.807) is 0 Å². The highest BCUT2D eigenvalue weighted by atomic mass is 32.2. The third-order valence-electron chi connectivity index (χ3n) is 3.49. The van der Waals surface area contributed by atoms with Crippen molar-refractivity contribution in [2.75, 3.05) is 6.54 Å². The maximum absolute atomic E-state index is 12.0. The maximum atomic E-state index is 12.0. The van der Waals surface area contributed by atoms with E-state index in [0.29, 0.717) is 19.4 Å². The summed E-state index contributed by atoms with van der Waals surface area (Å²) in [5, 5.41) is 18.2. The summed E-state index contributed by atoms with van der Waals surface area (Å²) < 4.78 is 26.6. The lowest BCUT2D eigenvalue weighted by molar-refractivity contribution is 0.0696. The van der Waals surface area contributed by atoms with Gasteiger partial charge in [0.2, 0.25) is 10.0 Å². The van der Waals surface area contributed by atoms with Gasteiger partial charge in [0.15, 0.2) is 0 Å². The third kappa shape index (κ3) is 3.56. The van der Waals surface area contributed by atoms with Crippen LogP contribution in [0.2, 0.25) is 0 Å². The molecule has 6 nitrogen and oxygen atoms in total. The van der Waals surface area contributed by atoms with Crippen molar-refractivity contribution in [1.82, 2.24) is 4.72 Å². The van der Waals surface area contributed by atoms with Crippen molar-refractivity contribution in [3.8, 4) is 0 Å². The number of aliphatic hydroxyl groups is 1. The molecule has 0 spiro atoms. The first-order valence-corrected chi connectivity index (χ1v) is 7.88. The average molecular weight is 299 g/mol. The van der Waals surface area contributed by atoms with E-state index in [0.717, 1.165) is 6.42 Å². The van der Waals surface area contributed by atoms with E-state index in [2.05, 4.69) is 4.72 Å². The molecule has 1 aliphatic rings. The number of aliphatic hydroxyl groups excluding tert-OH is 1. The van der Waals surface area contributed by atoms with Gasteiger partial charge in [-0.25, -0.2) is 17.9 Å². The van der Waals surface area contributed by atoms with Crippen LogP contribution in [0.25, 0.3) is 0 Å². The molecule has 1 aromatic rings. The lowest BCUT2D eigenvalue weighted by atomic mass is 10.1. The van der Waals surface area contributed by atoms with Crippen LogP contribution >= 0.6 is 0 Å². The van der Waals surface area contributed by atoms with Crippen LogP contribution in [0.4, 0.5) is 0 Å². The van der Waals surface area contributed by atoms with Crippen LogP contribution in [0.15, 0.2) is 29.2 Å². The topological polar surface area (TPSA) is 104 Å². The Morgan fingerprint density at radius 2 is 1.90 bits per heavy atom. The lowest BCUT2D eigenvalue weighted by Crippen LogP contribution is -2.28. The molecule has 0 amide bonds. The molecular formula is C13H17NO5S. The summed E-state index contributed by atoms with van der Waals surface area (Å²) in [4.78, 5) is 10.7. The zero-order valence-electron chi connectivity index (χ0n) is 10.8. The molecule has 110 valence electrons. The van der Waals surface area contributed by atoms with E-state index >= 15 is 0 Å². The standard InChI is InChI=1S/C13H17NO5S/c15-11-4-1-9(7-11)8-14-20(18,19)12-5-2-10(3-6-12)13(16)17/h2-3,5-6,9,11,14-15H,1,4,7-8H2,(H,16,17). The molecule has 1 fully saturated rings. The van der Waals surface area contributed by atoms with Crippen molar-refractivity contribution in [3.05, 3.63) is 29.8 Å².